The van der Waals surface area contributed by atoms with Gasteiger partial charge in [0, 0.05) is 29.7 Å². The molecule has 2 heterocycles. The molecule has 3 rings (SSSR count). The van der Waals surface area contributed by atoms with Gasteiger partial charge in [-0.3, -0.25) is 4.98 Å². The minimum absolute atomic E-state index is 0.739. The van der Waals surface area contributed by atoms with E-state index in [9.17, 15) is 0 Å². The van der Waals surface area contributed by atoms with Crippen LogP contribution in [0.4, 0.5) is 0 Å². The van der Waals surface area contributed by atoms with Crippen molar-refractivity contribution in [2.24, 2.45) is 0 Å². The summed E-state index contributed by atoms with van der Waals surface area (Å²) < 4.78 is 0. The maximum absolute atomic E-state index is 4.38. The molecule has 0 unspecified atom stereocenters. The SMILES string of the molecule is Cc1cc(-c2ccccn2)cc(-c2ncccn2)c1. The zero-order chi connectivity index (χ0) is 13.1. The monoisotopic (exact) mass is 247 g/mol. The van der Waals surface area contributed by atoms with Crippen LogP contribution < -0.4 is 0 Å². The Morgan fingerprint density at radius 1 is 0.737 bits per heavy atom. The van der Waals surface area contributed by atoms with Crippen molar-refractivity contribution in [2.45, 2.75) is 6.92 Å². The molecule has 0 fully saturated rings. The fourth-order valence-corrected chi connectivity index (χ4v) is 2.04. The van der Waals surface area contributed by atoms with Gasteiger partial charge in [0.1, 0.15) is 0 Å². The third-order valence-electron chi connectivity index (χ3n) is 2.86. The molecule has 3 heteroatoms. The first-order chi connectivity index (χ1) is 9.33. The van der Waals surface area contributed by atoms with Crippen LogP contribution in [0, 0.1) is 6.92 Å². The van der Waals surface area contributed by atoms with Gasteiger partial charge < -0.3 is 0 Å². The van der Waals surface area contributed by atoms with Gasteiger partial charge in [0.25, 0.3) is 0 Å². The standard InChI is InChI=1S/C16H13N3/c1-12-9-13(15-5-2-3-6-17-15)11-14(10-12)16-18-7-4-8-19-16/h2-11H,1H3. The molecule has 0 aliphatic carbocycles. The second-order valence-electron chi connectivity index (χ2n) is 4.38. The molecule has 0 saturated heterocycles. The molecule has 1 aromatic carbocycles. The van der Waals surface area contributed by atoms with Gasteiger partial charge in [-0.1, -0.05) is 6.07 Å². The Balaban J connectivity index is 2.12. The third kappa shape index (κ3) is 2.50. The number of hydrogen-bond acceptors (Lipinski definition) is 3. The Morgan fingerprint density at radius 3 is 2.21 bits per heavy atom. The lowest BCUT2D eigenvalue weighted by atomic mass is 10.0. The average Bonchev–Trinajstić information content (AvgIpc) is 2.48. The summed E-state index contributed by atoms with van der Waals surface area (Å²) >= 11 is 0. The van der Waals surface area contributed by atoms with Crippen molar-refractivity contribution in [2.75, 3.05) is 0 Å². The zero-order valence-electron chi connectivity index (χ0n) is 10.6. The summed E-state index contributed by atoms with van der Waals surface area (Å²) in [5.74, 6) is 0.739. The summed E-state index contributed by atoms with van der Waals surface area (Å²) in [5.41, 5.74) is 4.23. The van der Waals surface area contributed by atoms with Gasteiger partial charge in [-0.2, -0.15) is 0 Å². The molecule has 0 N–H and O–H groups in total. The third-order valence-corrected chi connectivity index (χ3v) is 2.86. The quantitative estimate of drug-likeness (QED) is 0.695. The number of benzene rings is 1. The average molecular weight is 247 g/mol. The summed E-state index contributed by atoms with van der Waals surface area (Å²) in [6.45, 7) is 2.07. The lowest BCUT2D eigenvalue weighted by Gasteiger charge is -2.06. The van der Waals surface area contributed by atoms with Crippen molar-refractivity contribution in [3.8, 4) is 22.6 Å². The number of aromatic nitrogens is 3. The van der Waals surface area contributed by atoms with Crippen molar-refractivity contribution in [1.82, 2.24) is 15.0 Å². The van der Waals surface area contributed by atoms with E-state index in [1.54, 1.807) is 18.6 Å². The summed E-state index contributed by atoms with van der Waals surface area (Å²) in [6, 6.07) is 14.0. The predicted octanol–water partition coefficient (Wildman–Crippen LogP) is 3.51. The van der Waals surface area contributed by atoms with Crippen LogP contribution in [0.25, 0.3) is 22.6 Å². The summed E-state index contributed by atoms with van der Waals surface area (Å²) in [6.07, 6.45) is 5.31. The van der Waals surface area contributed by atoms with Crippen molar-refractivity contribution >= 4 is 0 Å². The van der Waals surface area contributed by atoms with Crippen LogP contribution in [-0.2, 0) is 0 Å². The molecule has 0 aliphatic heterocycles. The summed E-state index contributed by atoms with van der Waals surface area (Å²) in [7, 11) is 0. The second-order valence-corrected chi connectivity index (χ2v) is 4.38. The molecule has 0 radical (unpaired) electrons. The van der Waals surface area contributed by atoms with E-state index in [0.29, 0.717) is 0 Å². The largest absolute Gasteiger partial charge is 0.256 e. The molecule has 0 bridgehead atoms. The lowest BCUT2D eigenvalue weighted by Crippen LogP contribution is -1.90. The Hall–Kier alpha value is -2.55. The van der Waals surface area contributed by atoms with Crippen LogP contribution in [-0.4, -0.2) is 15.0 Å². The van der Waals surface area contributed by atoms with E-state index in [-0.39, 0.29) is 0 Å². The molecule has 3 aromatic rings. The molecule has 0 saturated carbocycles. The first-order valence-electron chi connectivity index (χ1n) is 6.13. The van der Waals surface area contributed by atoms with E-state index < -0.39 is 0 Å². The van der Waals surface area contributed by atoms with E-state index >= 15 is 0 Å². The fraction of sp³-hybridized carbons (Fsp3) is 0.0625. The van der Waals surface area contributed by atoms with Crippen LogP contribution in [0.5, 0.6) is 0 Å². The second kappa shape index (κ2) is 4.98. The smallest absolute Gasteiger partial charge is 0.159 e. The van der Waals surface area contributed by atoms with Crippen LogP contribution in [0.1, 0.15) is 5.56 Å². The highest BCUT2D eigenvalue weighted by Gasteiger charge is 2.05. The Kier molecular flexibility index (Phi) is 3.02. The molecule has 0 amide bonds. The maximum atomic E-state index is 4.38. The molecule has 0 spiro atoms. The number of rotatable bonds is 2. The molecule has 2 aromatic heterocycles. The van der Waals surface area contributed by atoms with Crippen LogP contribution >= 0.6 is 0 Å². The Morgan fingerprint density at radius 2 is 1.47 bits per heavy atom. The van der Waals surface area contributed by atoms with Gasteiger partial charge in [-0.15, -0.1) is 0 Å². The van der Waals surface area contributed by atoms with Crippen molar-refractivity contribution in [3.63, 3.8) is 0 Å². The first-order valence-corrected chi connectivity index (χ1v) is 6.13. The number of hydrogen-bond donors (Lipinski definition) is 0. The zero-order valence-corrected chi connectivity index (χ0v) is 10.6. The molecular formula is C16H13N3. The highest BCUT2D eigenvalue weighted by Crippen LogP contribution is 2.24. The highest BCUT2D eigenvalue weighted by molar-refractivity contribution is 5.69. The van der Waals surface area contributed by atoms with Gasteiger partial charge in [0.2, 0.25) is 0 Å². The van der Waals surface area contributed by atoms with E-state index in [1.807, 2.05) is 24.3 Å². The van der Waals surface area contributed by atoms with Crippen LogP contribution in [0.15, 0.2) is 61.1 Å². The molecule has 92 valence electrons. The van der Waals surface area contributed by atoms with Gasteiger partial charge in [-0.05, 0) is 48.9 Å². The normalized spacial score (nSPS) is 10.4. The fourth-order valence-electron chi connectivity index (χ4n) is 2.04. The van der Waals surface area contributed by atoms with E-state index in [1.165, 1.54) is 5.56 Å². The van der Waals surface area contributed by atoms with E-state index in [4.69, 9.17) is 0 Å². The Bertz CT molecular complexity index is 621. The van der Waals surface area contributed by atoms with Crippen molar-refractivity contribution in [3.05, 3.63) is 66.6 Å². The molecule has 3 nitrogen and oxygen atoms in total. The maximum Gasteiger partial charge on any atom is 0.159 e. The molecule has 19 heavy (non-hydrogen) atoms. The molecular weight excluding hydrogens is 234 g/mol. The molecule has 0 atom stereocenters. The summed E-state index contributed by atoms with van der Waals surface area (Å²) in [4.78, 5) is 13.0. The van der Waals surface area contributed by atoms with Crippen molar-refractivity contribution < 1.29 is 0 Å². The van der Waals surface area contributed by atoms with E-state index in [2.05, 4.69) is 40.1 Å². The van der Waals surface area contributed by atoms with Crippen molar-refractivity contribution in [1.29, 1.82) is 0 Å². The Labute approximate surface area is 112 Å². The number of aryl methyl sites for hydroxylation is 1. The molecule has 0 aliphatic rings. The highest BCUT2D eigenvalue weighted by atomic mass is 14.8. The van der Waals surface area contributed by atoms with Gasteiger partial charge in [0.15, 0.2) is 5.82 Å². The first kappa shape index (κ1) is 11.5. The van der Waals surface area contributed by atoms with Gasteiger partial charge in [-0.25, -0.2) is 9.97 Å². The van der Waals surface area contributed by atoms with Gasteiger partial charge >= 0.3 is 0 Å². The number of nitrogens with zero attached hydrogens (tertiary/aromatic N) is 3. The van der Waals surface area contributed by atoms with Gasteiger partial charge in [0.05, 0.1) is 5.69 Å². The summed E-state index contributed by atoms with van der Waals surface area (Å²) in [5, 5.41) is 0. The minimum Gasteiger partial charge on any atom is -0.256 e. The minimum atomic E-state index is 0.739. The lowest BCUT2D eigenvalue weighted by molar-refractivity contribution is 1.17. The van der Waals surface area contributed by atoms with E-state index in [0.717, 1.165) is 22.6 Å². The topological polar surface area (TPSA) is 38.7 Å². The number of pyridine rings is 1. The predicted molar refractivity (Wildman–Crippen MR) is 75.4 cm³/mol. The van der Waals surface area contributed by atoms with Crippen LogP contribution in [0.3, 0.4) is 0 Å². The van der Waals surface area contributed by atoms with Crippen LogP contribution in [0.2, 0.25) is 0 Å².